The quantitative estimate of drug-likeness (QED) is 0.792. The molecule has 1 aliphatic carbocycles. The maximum absolute atomic E-state index is 11.9. The van der Waals surface area contributed by atoms with Gasteiger partial charge in [0.15, 0.2) is 6.61 Å². The molecular formula is C17H21NO4. The van der Waals surface area contributed by atoms with Gasteiger partial charge in [0.1, 0.15) is 5.75 Å². The van der Waals surface area contributed by atoms with Gasteiger partial charge in [-0.3, -0.25) is 4.79 Å². The van der Waals surface area contributed by atoms with E-state index in [0.29, 0.717) is 11.3 Å². The number of aliphatic carboxylic acids is 1. The van der Waals surface area contributed by atoms with Crippen LogP contribution in [-0.4, -0.2) is 29.6 Å². The lowest BCUT2D eigenvalue weighted by molar-refractivity contribution is -0.131. The number of hydrogen-bond acceptors (Lipinski definition) is 3. The Labute approximate surface area is 130 Å². The number of carboxylic acids is 1. The number of nitrogens with one attached hydrogen (secondary N) is 1. The third kappa shape index (κ3) is 5.24. The maximum Gasteiger partial charge on any atom is 0.328 e. The minimum Gasteiger partial charge on any atom is -0.483 e. The summed E-state index contributed by atoms with van der Waals surface area (Å²) in [6.45, 7) is -0.0611. The van der Waals surface area contributed by atoms with E-state index in [1.165, 1.54) is 12.5 Å². The molecule has 118 valence electrons. The molecule has 0 unspecified atom stereocenters. The fraction of sp³-hybridized carbons (Fsp3) is 0.412. The number of carbonyl (C=O) groups is 2. The molecule has 0 atom stereocenters. The van der Waals surface area contributed by atoms with Crippen molar-refractivity contribution in [1.29, 1.82) is 0 Å². The Morgan fingerprint density at radius 3 is 2.68 bits per heavy atom. The largest absolute Gasteiger partial charge is 0.483 e. The molecule has 1 aromatic rings. The Bertz CT molecular complexity index is 547. The molecule has 0 spiro atoms. The van der Waals surface area contributed by atoms with Gasteiger partial charge in [-0.25, -0.2) is 4.79 Å². The Morgan fingerprint density at radius 2 is 1.95 bits per heavy atom. The van der Waals surface area contributed by atoms with E-state index >= 15 is 0 Å². The normalized spacial score (nSPS) is 15.6. The van der Waals surface area contributed by atoms with Crippen LogP contribution in [0, 0.1) is 0 Å². The Balaban J connectivity index is 1.87. The van der Waals surface area contributed by atoms with Crippen molar-refractivity contribution in [3.8, 4) is 5.75 Å². The number of carbonyl (C=O) groups excluding carboxylic acids is 1. The van der Waals surface area contributed by atoms with Gasteiger partial charge in [-0.15, -0.1) is 0 Å². The summed E-state index contributed by atoms with van der Waals surface area (Å²) in [5, 5.41) is 11.7. The van der Waals surface area contributed by atoms with Crippen molar-refractivity contribution in [1.82, 2.24) is 5.32 Å². The molecule has 1 aliphatic rings. The van der Waals surface area contributed by atoms with E-state index in [9.17, 15) is 9.59 Å². The van der Waals surface area contributed by atoms with Gasteiger partial charge in [0.05, 0.1) is 0 Å². The van der Waals surface area contributed by atoms with Crippen molar-refractivity contribution in [2.24, 2.45) is 0 Å². The lowest BCUT2D eigenvalue weighted by atomic mass is 9.95. The first kappa shape index (κ1) is 16.1. The highest BCUT2D eigenvalue weighted by Gasteiger charge is 2.16. The van der Waals surface area contributed by atoms with E-state index in [-0.39, 0.29) is 18.6 Å². The molecule has 0 heterocycles. The SMILES string of the molecule is O=C(O)/C=C/c1ccccc1OCC(=O)NC1CCCCC1. The molecule has 0 radical (unpaired) electrons. The number of amides is 1. The van der Waals surface area contributed by atoms with Gasteiger partial charge in [-0.05, 0) is 25.0 Å². The van der Waals surface area contributed by atoms with E-state index < -0.39 is 5.97 Å². The van der Waals surface area contributed by atoms with E-state index in [1.807, 2.05) is 0 Å². The molecule has 1 fully saturated rings. The second-order valence-corrected chi connectivity index (χ2v) is 5.40. The monoisotopic (exact) mass is 303 g/mol. The summed E-state index contributed by atoms with van der Waals surface area (Å²) >= 11 is 0. The first-order valence-corrected chi connectivity index (χ1v) is 7.57. The molecule has 2 rings (SSSR count). The second kappa shape index (κ2) is 8.22. The Hall–Kier alpha value is -2.30. The standard InChI is InChI=1S/C17H21NO4/c19-16(18-14-7-2-1-3-8-14)12-22-15-9-5-4-6-13(15)10-11-17(20)21/h4-6,9-11,14H,1-3,7-8,12H2,(H,18,19)(H,20,21)/b11-10+. The van der Waals surface area contributed by atoms with Crippen LogP contribution in [0.2, 0.25) is 0 Å². The van der Waals surface area contributed by atoms with Gasteiger partial charge in [0.2, 0.25) is 0 Å². The molecule has 1 saturated carbocycles. The summed E-state index contributed by atoms with van der Waals surface area (Å²) < 4.78 is 5.52. The van der Waals surface area contributed by atoms with Crippen LogP contribution in [0.3, 0.4) is 0 Å². The molecule has 0 aromatic heterocycles. The summed E-state index contributed by atoms with van der Waals surface area (Å²) in [7, 11) is 0. The maximum atomic E-state index is 11.9. The van der Waals surface area contributed by atoms with E-state index in [1.54, 1.807) is 24.3 Å². The lowest BCUT2D eigenvalue weighted by Crippen LogP contribution is -2.39. The molecule has 1 amide bonds. The van der Waals surface area contributed by atoms with Crippen LogP contribution in [0.1, 0.15) is 37.7 Å². The van der Waals surface area contributed by atoms with Gasteiger partial charge in [0, 0.05) is 17.7 Å². The fourth-order valence-corrected chi connectivity index (χ4v) is 2.57. The summed E-state index contributed by atoms with van der Waals surface area (Å²) in [4.78, 5) is 22.5. The van der Waals surface area contributed by atoms with Gasteiger partial charge < -0.3 is 15.2 Å². The molecule has 5 heteroatoms. The van der Waals surface area contributed by atoms with Crippen molar-refractivity contribution in [2.75, 3.05) is 6.61 Å². The number of hydrogen-bond donors (Lipinski definition) is 2. The average molecular weight is 303 g/mol. The van der Waals surface area contributed by atoms with Crippen LogP contribution >= 0.6 is 0 Å². The van der Waals surface area contributed by atoms with Gasteiger partial charge in [-0.2, -0.15) is 0 Å². The third-order valence-electron chi connectivity index (χ3n) is 3.65. The topological polar surface area (TPSA) is 75.6 Å². The summed E-state index contributed by atoms with van der Waals surface area (Å²) in [6, 6.07) is 7.29. The van der Waals surface area contributed by atoms with Crippen LogP contribution in [0.4, 0.5) is 0 Å². The number of benzene rings is 1. The summed E-state index contributed by atoms with van der Waals surface area (Å²) in [5.41, 5.74) is 0.635. The third-order valence-corrected chi connectivity index (χ3v) is 3.65. The highest BCUT2D eigenvalue weighted by molar-refractivity contribution is 5.86. The second-order valence-electron chi connectivity index (χ2n) is 5.40. The highest BCUT2D eigenvalue weighted by Crippen LogP contribution is 2.20. The van der Waals surface area contributed by atoms with Crippen molar-refractivity contribution in [3.05, 3.63) is 35.9 Å². The highest BCUT2D eigenvalue weighted by atomic mass is 16.5. The average Bonchev–Trinajstić information content (AvgIpc) is 2.52. The van der Waals surface area contributed by atoms with E-state index in [4.69, 9.17) is 9.84 Å². The zero-order chi connectivity index (χ0) is 15.8. The fourth-order valence-electron chi connectivity index (χ4n) is 2.57. The van der Waals surface area contributed by atoms with Gasteiger partial charge in [0.25, 0.3) is 5.91 Å². The minimum absolute atomic E-state index is 0.0611. The smallest absolute Gasteiger partial charge is 0.328 e. The first-order chi connectivity index (χ1) is 10.6. The lowest BCUT2D eigenvalue weighted by Gasteiger charge is -2.22. The first-order valence-electron chi connectivity index (χ1n) is 7.57. The Morgan fingerprint density at radius 1 is 1.23 bits per heavy atom. The minimum atomic E-state index is -1.02. The van der Waals surface area contributed by atoms with Gasteiger partial charge in [-0.1, -0.05) is 37.5 Å². The molecule has 5 nitrogen and oxygen atoms in total. The van der Waals surface area contributed by atoms with Crippen molar-refractivity contribution in [2.45, 2.75) is 38.1 Å². The number of rotatable bonds is 6. The van der Waals surface area contributed by atoms with Crippen molar-refractivity contribution in [3.63, 3.8) is 0 Å². The van der Waals surface area contributed by atoms with Crippen molar-refractivity contribution >= 4 is 18.0 Å². The molecule has 0 bridgehead atoms. The van der Waals surface area contributed by atoms with Crippen molar-refractivity contribution < 1.29 is 19.4 Å². The van der Waals surface area contributed by atoms with Crippen LogP contribution in [0.15, 0.2) is 30.3 Å². The van der Waals surface area contributed by atoms with Crippen LogP contribution in [0.25, 0.3) is 6.08 Å². The molecule has 0 aliphatic heterocycles. The van der Waals surface area contributed by atoms with E-state index in [0.717, 1.165) is 31.8 Å². The van der Waals surface area contributed by atoms with Crippen LogP contribution in [-0.2, 0) is 9.59 Å². The summed E-state index contributed by atoms with van der Waals surface area (Å²) in [5.74, 6) is -0.660. The zero-order valence-electron chi connectivity index (χ0n) is 12.5. The summed E-state index contributed by atoms with van der Waals surface area (Å²) in [6.07, 6.45) is 8.13. The molecule has 22 heavy (non-hydrogen) atoms. The number of carboxylic acid groups (broad SMARTS) is 1. The molecule has 0 saturated heterocycles. The number of para-hydroxylation sites is 1. The van der Waals surface area contributed by atoms with Gasteiger partial charge >= 0.3 is 5.97 Å². The zero-order valence-corrected chi connectivity index (χ0v) is 12.5. The molecule has 1 aromatic carbocycles. The molecule has 2 N–H and O–H groups in total. The predicted molar refractivity (Wildman–Crippen MR) is 83.6 cm³/mol. The predicted octanol–water partition coefficient (Wildman–Crippen LogP) is 2.61. The molecular weight excluding hydrogens is 282 g/mol. The Kier molecular flexibility index (Phi) is 6.01. The van der Waals surface area contributed by atoms with E-state index in [2.05, 4.69) is 5.32 Å². The number of ether oxygens (including phenoxy) is 1. The van der Waals surface area contributed by atoms with Crippen LogP contribution < -0.4 is 10.1 Å². The van der Waals surface area contributed by atoms with Crippen LogP contribution in [0.5, 0.6) is 5.75 Å².